The second kappa shape index (κ2) is 21.5. The van der Waals surface area contributed by atoms with Crippen LogP contribution in [-0.4, -0.2) is 94.2 Å². The summed E-state index contributed by atoms with van der Waals surface area (Å²) in [4.78, 5) is 27.0. The summed E-state index contributed by atoms with van der Waals surface area (Å²) < 4.78 is 69.6. The minimum absolute atomic E-state index is 0.0117. The van der Waals surface area contributed by atoms with E-state index in [0.717, 1.165) is 22.3 Å². The molecular formula is C49H51NO13. The van der Waals surface area contributed by atoms with Crippen molar-refractivity contribution in [3.05, 3.63) is 168 Å². The number of benzene rings is 5. The summed E-state index contributed by atoms with van der Waals surface area (Å²) in [6.07, 6.45) is -10.4. The lowest BCUT2D eigenvalue weighted by atomic mass is 9.95. The van der Waals surface area contributed by atoms with Gasteiger partial charge >= 0.3 is 12.1 Å². The van der Waals surface area contributed by atoms with Gasteiger partial charge in [-0.15, -0.1) is 0 Å². The Morgan fingerprint density at radius 3 is 1.62 bits per heavy atom. The molecule has 5 aromatic carbocycles. The summed E-state index contributed by atoms with van der Waals surface area (Å²) in [6, 6.07) is 44.7. The highest BCUT2D eigenvalue weighted by Crippen LogP contribution is 2.37. The average Bonchev–Trinajstić information content (AvgIpc) is 3.73. The summed E-state index contributed by atoms with van der Waals surface area (Å²) in [5, 5.41) is 2.85. The van der Waals surface area contributed by atoms with E-state index in [9.17, 15) is 9.59 Å². The number of hydrogen-bond donors (Lipinski definition) is 1. The first-order valence-corrected chi connectivity index (χ1v) is 20.9. The lowest BCUT2D eigenvalue weighted by molar-refractivity contribution is -0.350. The second-order valence-corrected chi connectivity index (χ2v) is 15.2. The molecule has 0 aliphatic carbocycles. The average molecular weight is 862 g/mol. The van der Waals surface area contributed by atoms with Crippen molar-refractivity contribution in [1.29, 1.82) is 0 Å². The van der Waals surface area contributed by atoms with E-state index in [2.05, 4.69) is 5.32 Å². The van der Waals surface area contributed by atoms with Crippen molar-refractivity contribution in [2.24, 2.45) is 0 Å². The molecule has 14 nitrogen and oxygen atoms in total. The Kier molecular flexibility index (Phi) is 14.9. The van der Waals surface area contributed by atoms with Gasteiger partial charge in [-0.3, -0.25) is 0 Å². The largest absolute Gasteiger partial charge is 0.497 e. The van der Waals surface area contributed by atoms with Crippen molar-refractivity contribution in [3.63, 3.8) is 0 Å². The minimum atomic E-state index is -1.34. The van der Waals surface area contributed by atoms with E-state index < -0.39 is 73.4 Å². The van der Waals surface area contributed by atoms with E-state index in [4.69, 9.17) is 52.1 Å². The zero-order valence-electron chi connectivity index (χ0n) is 35.0. The maximum Gasteiger partial charge on any atom is 0.408 e. The third-order valence-corrected chi connectivity index (χ3v) is 11.0. The van der Waals surface area contributed by atoms with E-state index >= 15 is 0 Å². The fraction of sp³-hybridized carbons (Fsp3) is 0.347. The smallest absolute Gasteiger partial charge is 0.408 e. The Hall–Kier alpha value is -5.84. The third-order valence-electron chi connectivity index (χ3n) is 11.0. The number of ether oxygens (including phenoxy) is 11. The summed E-state index contributed by atoms with van der Waals surface area (Å²) >= 11 is 0. The van der Waals surface area contributed by atoms with Gasteiger partial charge in [0.15, 0.2) is 18.5 Å². The Morgan fingerprint density at radius 2 is 1.08 bits per heavy atom. The highest BCUT2D eigenvalue weighted by Gasteiger charge is 2.58. The molecule has 0 spiro atoms. The number of hydrogen-bond acceptors (Lipinski definition) is 13. The van der Waals surface area contributed by atoms with Crippen molar-refractivity contribution in [2.45, 2.75) is 87.8 Å². The van der Waals surface area contributed by atoms with E-state index in [1.54, 1.807) is 31.4 Å². The zero-order valence-corrected chi connectivity index (χ0v) is 35.0. The van der Waals surface area contributed by atoms with Crippen LogP contribution in [0.3, 0.4) is 0 Å². The summed E-state index contributed by atoms with van der Waals surface area (Å²) in [5.41, 5.74) is 3.56. The van der Waals surface area contributed by atoms with Crippen molar-refractivity contribution in [2.75, 3.05) is 20.8 Å². The van der Waals surface area contributed by atoms with Crippen LogP contribution < -0.4 is 14.8 Å². The Morgan fingerprint density at radius 1 is 0.571 bits per heavy atom. The van der Waals surface area contributed by atoms with Crippen molar-refractivity contribution in [3.8, 4) is 11.5 Å². The molecule has 0 bridgehead atoms. The number of nitrogens with one attached hydrogen (secondary N) is 1. The van der Waals surface area contributed by atoms with Crippen LogP contribution in [-0.2, 0) is 73.9 Å². The van der Waals surface area contributed by atoms with E-state index in [0.29, 0.717) is 11.5 Å². The highest BCUT2D eigenvalue weighted by atomic mass is 16.8. The van der Waals surface area contributed by atoms with Gasteiger partial charge < -0.3 is 57.4 Å². The van der Waals surface area contributed by atoms with Gasteiger partial charge in [0.25, 0.3) is 0 Å². The van der Waals surface area contributed by atoms with Gasteiger partial charge in [-0.05, 0) is 46.5 Å². The first-order valence-electron chi connectivity index (χ1n) is 20.9. The lowest BCUT2D eigenvalue weighted by Gasteiger charge is -2.48. The molecule has 14 heteroatoms. The molecule has 0 radical (unpaired) electrons. The van der Waals surface area contributed by atoms with Crippen LogP contribution in [0.15, 0.2) is 146 Å². The van der Waals surface area contributed by atoms with Gasteiger partial charge in [-0.2, -0.15) is 0 Å². The molecule has 0 saturated carbocycles. The maximum atomic E-state index is 13.8. The standard InChI is InChI=1S/C49H51NO13/c1-53-36-23-25-37(26-24-36)59-47-39-41(63-49(52)50-39)40(38(60-47)31-55-27-32-15-7-3-8-16-32)61-48-45(58-30-35-21-13-6-14-22-35)43(57-29-34-19-11-5-12-20-34)42(44(62-48)46(51)54-2)56-28-33-17-9-4-10-18-33/h3-26,38-45,47-48H,27-31H2,1-2H3,(H,50,52)/t38-,39-,40-,41-,42+,43+,44+,45-,47-,48+/m1/s1. The molecule has 3 saturated heterocycles. The number of carbonyl (C=O) groups is 2. The fourth-order valence-corrected chi connectivity index (χ4v) is 7.77. The molecule has 1 amide bonds. The Labute approximate surface area is 366 Å². The van der Waals surface area contributed by atoms with Crippen LogP contribution in [0.4, 0.5) is 4.79 Å². The number of carbonyl (C=O) groups excluding carboxylic acids is 2. The SMILES string of the molecule is COC(=O)[C@H]1O[C@H](O[C@H]2[C@@H]3OC(=O)N[C@H]3[C@H](Oc3ccc(OC)cc3)O[C@@H]2COCc2ccccc2)[C@H](OCc2ccccc2)[C@@H](OCc2ccccc2)[C@@H]1OCc1ccccc1. The second-order valence-electron chi connectivity index (χ2n) is 15.2. The molecule has 330 valence electrons. The monoisotopic (exact) mass is 861 g/mol. The van der Waals surface area contributed by atoms with Crippen LogP contribution >= 0.6 is 0 Å². The molecule has 3 aliphatic rings. The first kappa shape index (κ1) is 43.8. The molecule has 10 atom stereocenters. The Bertz CT molecular complexity index is 2170. The third kappa shape index (κ3) is 11.2. The van der Waals surface area contributed by atoms with Gasteiger partial charge in [-0.25, -0.2) is 9.59 Å². The topological polar surface area (TPSA) is 148 Å². The molecule has 3 aliphatic heterocycles. The zero-order chi connectivity index (χ0) is 43.4. The fourth-order valence-electron chi connectivity index (χ4n) is 7.77. The number of fused-ring (bicyclic) bond motifs is 1. The molecular weight excluding hydrogens is 811 g/mol. The van der Waals surface area contributed by atoms with Gasteiger partial charge in [0.1, 0.15) is 48.1 Å². The van der Waals surface area contributed by atoms with Crippen molar-refractivity contribution in [1.82, 2.24) is 5.32 Å². The van der Waals surface area contributed by atoms with E-state index in [1.165, 1.54) is 7.11 Å². The molecule has 0 aromatic heterocycles. The van der Waals surface area contributed by atoms with E-state index in [-0.39, 0.29) is 33.0 Å². The molecule has 0 unspecified atom stereocenters. The highest BCUT2D eigenvalue weighted by molar-refractivity contribution is 5.75. The summed E-state index contributed by atoms with van der Waals surface area (Å²) in [5.74, 6) is 0.400. The normalized spacial score (nSPS) is 26.5. The van der Waals surface area contributed by atoms with Gasteiger partial charge in [0.2, 0.25) is 6.29 Å². The maximum absolute atomic E-state index is 13.8. The van der Waals surface area contributed by atoms with Gasteiger partial charge in [0.05, 0.1) is 47.3 Å². The molecule has 5 aromatic rings. The molecule has 3 fully saturated rings. The minimum Gasteiger partial charge on any atom is -0.497 e. The lowest BCUT2D eigenvalue weighted by Crippen LogP contribution is -2.67. The van der Waals surface area contributed by atoms with Crippen molar-refractivity contribution < 1.29 is 61.7 Å². The predicted molar refractivity (Wildman–Crippen MR) is 226 cm³/mol. The summed E-state index contributed by atoms with van der Waals surface area (Å²) in [6.45, 7) is 0.637. The van der Waals surface area contributed by atoms with Crippen LogP contribution in [0.2, 0.25) is 0 Å². The predicted octanol–water partition coefficient (Wildman–Crippen LogP) is 6.53. The quantitative estimate of drug-likeness (QED) is 0.0899. The van der Waals surface area contributed by atoms with Crippen LogP contribution in [0.25, 0.3) is 0 Å². The molecule has 1 N–H and O–H groups in total. The number of alkyl carbamates (subject to hydrolysis) is 1. The number of amides is 1. The summed E-state index contributed by atoms with van der Waals surface area (Å²) in [7, 11) is 2.85. The Balaban J connectivity index is 1.14. The van der Waals surface area contributed by atoms with Crippen LogP contribution in [0, 0.1) is 0 Å². The van der Waals surface area contributed by atoms with Gasteiger partial charge in [-0.1, -0.05) is 121 Å². The van der Waals surface area contributed by atoms with Gasteiger partial charge in [0, 0.05) is 0 Å². The van der Waals surface area contributed by atoms with Crippen molar-refractivity contribution >= 4 is 12.1 Å². The van der Waals surface area contributed by atoms with Crippen LogP contribution in [0.1, 0.15) is 22.3 Å². The number of rotatable bonds is 19. The number of methoxy groups -OCH3 is 2. The molecule has 63 heavy (non-hydrogen) atoms. The number of esters is 1. The molecule has 8 rings (SSSR count). The molecule has 3 heterocycles. The van der Waals surface area contributed by atoms with Crippen LogP contribution in [0.5, 0.6) is 11.5 Å². The first-order chi connectivity index (χ1) is 30.9. The van der Waals surface area contributed by atoms with E-state index in [1.807, 2.05) is 121 Å².